The number of rotatable bonds is 2. The van der Waals surface area contributed by atoms with E-state index in [1.807, 2.05) is 18.2 Å². The summed E-state index contributed by atoms with van der Waals surface area (Å²) >= 11 is 0. The van der Waals surface area contributed by atoms with E-state index < -0.39 is 0 Å². The summed E-state index contributed by atoms with van der Waals surface area (Å²) in [5, 5.41) is 3.41. The van der Waals surface area contributed by atoms with Gasteiger partial charge in [0, 0.05) is 18.2 Å². The maximum Gasteiger partial charge on any atom is 0.123 e. The van der Waals surface area contributed by atoms with Gasteiger partial charge in [-0.3, -0.25) is 0 Å². The molecule has 1 aliphatic rings. The Morgan fingerprint density at radius 2 is 1.82 bits per heavy atom. The molecular formula is C15H14FN. The zero-order valence-corrected chi connectivity index (χ0v) is 9.49. The quantitative estimate of drug-likeness (QED) is 0.827. The molecule has 1 aliphatic heterocycles. The van der Waals surface area contributed by atoms with Gasteiger partial charge in [-0.25, -0.2) is 4.39 Å². The van der Waals surface area contributed by atoms with Gasteiger partial charge in [-0.1, -0.05) is 30.3 Å². The molecule has 0 spiro atoms. The summed E-state index contributed by atoms with van der Waals surface area (Å²) in [6, 6.07) is 15.2. The van der Waals surface area contributed by atoms with E-state index in [-0.39, 0.29) is 5.82 Å². The van der Waals surface area contributed by atoms with E-state index in [1.165, 1.54) is 28.9 Å². The number of benzene rings is 2. The van der Waals surface area contributed by atoms with E-state index in [9.17, 15) is 4.39 Å². The largest absolute Gasteiger partial charge is 0.384 e. The Bertz CT molecular complexity index is 519. The standard InChI is InChI=1S/C15H14FN/c16-13-7-5-11(6-8-13)9-12-10-17-15-4-2-1-3-14(12)15/h1-8,12,17H,9-10H2. The summed E-state index contributed by atoms with van der Waals surface area (Å²) in [6.45, 7) is 0.969. The third-order valence-electron chi connectivity index (χ3n) is 3.33. The lowest BCUT2D eigenvalue weighted by molar-refractivity contribution is 0.626. The van der Waals surface area contributed by atoms with Crippen LogP contribution in [0.1, 0.15) is 17.0 Å². The lowest BCUT2D eigenvalue weighted by Gasteiger charge is -2.10. The highest BCUT2D eigenvalue weighted by Crippen LogP contribution is 2.33. The highest BCUT2D eigenvalue weighted by atomic mass is 19.1. The first-order valence-corrected chi connectivity index (χ1v) is 5.90. The van der Waals surface area contributed by atoms with Crippen molar-refractivity contribution in [1.82, 2.24) is 0 Å². The maximum absolute atomic E-state index is 12.8. The van der Waals surface area contributed by atoms with Gasteiger partial charge in [0.1, 0.15) is 5.82 Å². The van der Waals surface area contributed by atoms with Crippen LogP contribution in [0, 0.1) is 5.82 Å². The monoisotopic (exact) mass is 227 g/mol. The Labute approximate surface area is 100 Å². The second-order valence-corrected chi connectivity index (χ2v) is 4.50. The fourth-order valence-corrected chi connectivity index (χ4v) is 2.44. The van der Waals surface area contributed by atoms with Gasteiger partial charge >= 0.3 is 0 Å². The minimum Gasteiger partial charge on any atom is -0.384 e. The van der Waals surface area contributed by atoms with Crippen molar-refractivity contribution < 1.29 is 4.39 Å². The molecule has 0 amide bonds. The third kappa shape index (κ3) is 2.03. The van der Waals surface area contributed by atoms with Crippen LogP contribution >= 0.6 is 0 Å². The van der Waals surface area contributed by atoms with Crippen molar-refractivity contribution in [3.05, 3.63) is 65.5 Å². The van der Waals surface area contributed by atoms with Gasteiger partial charge in [0.15, 0.2) is 0 Å². The van der Waals surface area contributed by atoms with Crippen LogP contribution in [0.3, 0.4) is 0 Å². The van der Waals surface area contributed by atoms with Crippen molar-refractivity contribution in [2.45, 2.75) is 12.3 Å². The zero-order chi connectivity index (χ0) is 11.7. The van der Waals surface area contributed by atoms with Crippen molar-refractivity contribution in [2.24, 2.45) is 0 Å². The zero-order valence-electron chi connectivity index (χ0n) is 9.49. The number of halogens is 1. The van der Waals surface area contributed by atoms with Crippen molar-refractivity contribution in [1.29, 1.82) is 0 Å². The molecule has 0 radical (unpaired) electrons. The van der Waals surface area contributed by atoms with E-state index in [0.29, 0.717) is 5.92 Å². The van der Waals surface area contributed by atoms with Crippen LogP contribution in [0.5, 0.6) is 0 Å². The first kappa shape index (κ1) is 10.3. The average molecular weight is 227 g/mol. The van der Waals surface area contributed by atoms with Crippen LogP contribution in [-0.2, 0) is 6.42 Å². The van der Waals surface area contributed by atoms with E-state index in [1.54, 1.807) is 0 Å². The Kier molecular flexibility index (Phi) is 2.56. The molecule has 0 saturated heterocycles. The molecule has 0 bridgehead atoms. The van der Waals surface area contributed by atoms with Crippen LogP contribution in [0.2, 0.25) is 0 Å². The van der Waals surface area contributed by atoms with Gasteiger partial charge < -0.3 is 5.32 Å². The number of hydrogen-bond acceptors (Lipinski definition) is 1. The highest BCUT2D eigenvalue weighted by molar-refractivity contribution is 5.57. The first-order valence-electron chi connectivity index (χ1n) is 5.90. The topological polar surface area (TPSA) is 12.0 Å². The van der Waals surface area contributed by atoms with Crippen LogP contribution in [0.25, 0.3) is 0 Å². The molecule has 1 heterocycles. The predicted molar refractivity (Wildman–Crippen MR) is 67.8 cm³/mol. The lowest BCUT2D eigenvalue weighted by Crippen LogP contribution is -2.05. The Morgan fingerprint density at radius 3 is 2.65 bits per heavy atom. The smallest absolute Gasteiger partial charge is 0.123 e. The molecule has 0 aromatic heterocycles. The van der Waals surface area contributed by atoms with Crippen molar-refractivity contribution >= 4 is 5.69 Å². The molecule has 0 saturated carbocycles. The summed E-state index contributed by atoms with van der Waals surface area (Å²) in [5.41, 5.74) is 3.80. The van der Waals surface area contributed by atoms with Crippen LogP contribution in [0.15, 0.2) is 48.5 Å². The second kappa shape index (κ2) is 4.21. The summed E-state index contributed by atoms with van der Waals surface area (Å²) in [5.74, 6) is 0.329. The van der Waals surface area contributed by atoms with Gasteiger partial charge in [0.05, 0.1) is 0 Å². The minimum absolute atomic E-state index is 0.168. The fraction of sp³-hybridized carbons (Fsp3) is 0.200. The first-order chi connectivity index (χ1) is 8.33. The fourth-order valence-electron chi connectivity index (χ4n) is 2.44. The third-order valence-corrected chi connectivity index (χ3v) is 3.33. The molecule has 1 unspecified atom stereocenters. The Morgan fingerprint density at radius 1 is 1.06 bits per heavy atom. The van der Waals surface area contributed by atoms with Crippen LogP contribution < -0.4 is 5.32 Å². The molecule has 86 valence electrons. The van der Waals surface area contributed by atoms with Crippen molar-refractivity contribution in [3.8, 4) is 0 Å². The van der Waals surface area contributed by atoms with Crippen LogP contribution in [-0.4, -0.2) is 6.54 Å². The number of fused-ring (bicyclic) bond motifs is 1. The summed E-state index contributed by atoms with van der Waals surface area (Å²) in [4.78, 5) is 0. The second-order valence-electron chi connectivity index (χ2n) is 4.50. The number of anilines is 1. The molecule has 0 aliphatic carbocycles. The maximum atomic E-state index is 12.8. The van der Waals surface area contributed by atoms with E-state index in [0.717, 1.165) is 13.0 Å². The molecule has 1 atom stereocenters. The molecule has 2 aromatic rings. The van der Waals surface area contributed by atoms with Gasteiger partial charge in [0.2, 0.25) is 0 Å². The molecule has 1 nitrogen and oxygen atoms in total. The molecule has 0 fully saturated rings. The van der Waals surface area contributed by atoms with E-state index >= 15 is 0 Å². The molecule has 2 heteroatoms. The van der Waals surface area contributed by atoms with Gasteiger partial charge in [-0.05, 0) is 35.7 Å². The summed E-state index contributed by atoms with van der Waals surface area (Å²) < 4.78 is 12.8. The van der Waals surface area contributed by atoms with Gasteiger partial charge in [0.25, 0.3) is 0 Å². The highest BCUT2D eigenvalue weighted by Gasteiger charge is 2.21. The molecular weight excluding hydrogens is 213 g/mol. The van der Waals surface area contributed by atoms with Crippen LogP contribution in [0.4, 0.5) is 10.1 Å². The SMILES string of the molecule is Fc1ccc(CC2CNc3ccccc32)cc1. The molecule has 1 N–H and O–H groups in total. The van der Waals surface area contributed by atoms with E-state index in [2.05, 4.69) is 23.5 Å². The van der Waals surface area contributed by atoms with Gasteiger partial charge in [-0.15, -0.1) is 0 Å². The Hall–Kier alpha value is -1.83. The summed E-state index contributed by atoms with van der Waals surface area (Å²) in [6.07, 6.45) is 0.963. The lowest BCUT2D eigenvalue weighted by atomic mass is 9.94. The summed E-state index contributed by atoms with van der Waals surface area (Å²) in [7, 11) is 0. The molecule has 3 rings (SSSR count). The normalized spacial score (nSPS) is 17.6. The van der Waals surface area contributed by atoms with Gasteiger partial charge in [-0.2, -0.15) is 0 Å². The minimum atomic E-state index is -0.168. The average Bonchev–Trinajstić information content (AvgIpc) is 2.76. The number of para-hydroxylation sites is 1. The van der Waals surface area contributed by atoms with E-state index in [4.69, 9.17) is 0 Å². The molecule has 2 aromatic carbocycles. The predicted octanol–water partition coefficient (Wildman–Crippen LogP) is 3.58. The Balaban J connectivity index is 1.81. The van der Waals surface area contributed by atoms with Crippen molar-refractivity contribution in [2.75, 3.05) is 11.9 Å². The van der Waals surface area contributed by atoms with Crippen molar-refractivity contribution in [3.63, 3.8) is 0 Å². The number of hydrogen-bond donors (Lipinski definition) is 1. The molecule has 17 heavy (non-hydrogen) atoms. The number of nitrogens with one attached hydrogen (secondary N) is 1.